The third kappa shape index (κ3) is 4.04. The van der Waals surface area contributed by atoms with Gasteiger partial charge in [0.2, 0.25) is 0 Å². The monoisotopic (exact) mass is 460 g/mol. The van der Waals surface area contributed by atoms with Crippen LogP contribution in [-0.2, 0) is 23.8 Å². The van der Waals surface area contributed by atoms with Crippen LogP contribution in [0.25, 0.3) is 0 Å². The van der Waals surface area contributed by atoms with E-state index in [1.54, 1.807) is 0 Å². The number of para-hydroxylation sites is 1. The lowest BCUT2D eigenvalue weighted by Gasteiger charge is -2.35. The molecule has 0 bridgehead atoms. The summed E-state index contributed by atoms with van der Waals surface area (Å²) in [6, 6.07) is 7.95. The maximum atomic E-state index is 13.1. The number of cyclic esters (lactones) is 2. The van der Waals surface area contributed by atoms with Gasteiger partial charge in [0.15, 0.2) is 11.0 Å². The number of hydrogen-bond donors (Lipinski definition) is 1. The van der Waals surface area contributed by atoms with E-state index in [9.17, 15) is 9.59 Å². The molecule has 2 N–H and O–H groups in total. The maximum absolute atomic E-state index is 13.1. The Kier molecular flexibility index (Phi) is 6.31. The Morgan fingerprint density at radius 2 is 2.03 bits per heavy atom. The molecule has 0 saturated carbocycles. The van der Waals surface area contributed by atoms with Crippen molar-refractivity contribution < 1.29 is 23.8 Å². The number of nitrogens with zero attached hydrogens (tertiary/aromatic N) is 1. The van der Waals surface area contributed by atoms with Gasteiger partial charge in [-0.2, -0.15) is 0 Å². The van der Waals surface area contributed by atoms with Gasteiger partial charge in [0.25, 0.3) is 0 Å². The fourth-order valence-electron chi connectivity index (χ4n) is 4.71. The van der Waals surface area contributed by atoms with Crippen molar-refractivity contribution >= 4 is 29.4 Å². The van der Waals surface area contributed by atoms with E-state index in [2.05, 4.69) is 13.8 Å². The first-order valence-corrected chi connectivity index (χ1v) is 12.1. The number of anilines is 1. The Labute approximate surface area is 193 Å². The third-order valence-corrected chi connectivity index (χ3v) is 7.33. The van der Waals surface area contributed by atoms with Gasteiger partial charge >= 0.3 is 11.9 Å². The Bertz CT molecular complexity index is 935. The Morgan fingerprint density at radius 1 is 1.28 bits per heavy atom. The van der Waals surface area contributed by atoms with Crippen LogP contribution in [-0.4, -0.2) is 42.4 Å². The van der Waals surface area contributed by atoms with Crippen molar-refractivity contribution in [1.29, 1.82) is 0 Å². The van der Waals surface area contributed by atoms with Gasteiger partial charge < -0.3 is 24.8 Å². The predicted molar refractivity (Wildman–Crippen MR) is 124 cm³/mol. The van der Waals surface area contributed by atoms with Crippen LogP contribution in [0.5, 0.6) is 0 Å². The minimum atomic E-state index is -1.30. The first-order valence-electron chi connectivity index (χ1n) is 11.1. The highest BCUT2D eigenvalue weighted by atomic mass is 32.2. The number of esters is 2. The van der Waals surface area contributed by atoms with E-state index in [1.807, 2.05) is 48.4 Å². The molecule has 0 aliphatic carbocycles. The molecule has 32 heavy (non-hydrogen) atoms. The van der Waals surface area contributed by atoms with Gasteiger partial charge in [-0.25, -0.2) is 0 Å². The highest BCUT2D eigenvalue weighted by Gasteiger charge is 2.66. The molecule has 0 aromatic heterocycles. The van der Waals surface area contributed by atoms with E-state index in [4.69, 9.17) is 19.9 Å². The molecule has 0 amide bonds. The highest BCUT2D eigenvalue weighted by Crippen LogP contribution is 2.54. The number of hydrogen-bond acceptors (Lipinski definition) is 8. The van der Waals surface area contributed by atoms with Crippen LogP contribution in [0, 0.1) is 18.3 Å². The molecule has 8 heteroatoms. The Hall–Kier alpha value is -2.03. The Morgan fingerprint density at radius 3 is 2.75 bits per heavy atom. The zero-order valence-electron chi connectivity index (χ0n) is 19.1. The number of benzene rings is 1. The van der Waals surface area contributed by atoms with E-state index >= 15 is 0 Å². The first kappa shape index (κ1) is 23.1. The van der Waals surface area contributed by atoms with E-state index in [0.717, 1.165) is 23.4 Å². The summed E-state index contributed by atoms with van der Waals surface area (Å²) in [6.07, 6.45) is 0.999. The Balaban J connectivity index is 1.52. The molecule has 3 aliphatic heterocycles. The zero-order valence-corrected chi connectivity index (χ0v) is 19.9. The molecular formula is C24H32N2O5S. The molecule has 0 radical (unpaired) electrons. The molecule has 3 aliphatic rings. The number of carbonyl (C=O) groups excluding carboxylic acids is 2. The van der Waals surface area contributed by atoms with Gasteiger partial charge in [0.05, 0.1) is 12.3 Å². The number of rotatable bonds is 7. The van der Waals surface area contributed by atoms with Gasteiger partial charge in [-0.3, -0.25) is 9.59 Å². The molecule has 4 atom stereocenters. The number of ether oxygens (including phenoxy) is 3. The number of thioether (sulfide) groups is 1. The minimum Gasteiger partial charge on any atom is -0.459 e. The number of carbonyl (C=O) groups is 2. The summed E-state index contributed by atoms with van der Waals surface area (Å²) < 4.78 is 17.2. The lowest BCUT2D eigenvalue weighted by Crippen LogP contribution is -2.44. The molecular weight excluding hydrogens is 428 g/mol. The van der Waals surface area contributed by atoms with Crippen molar-refractivity contribution in [2.75, 3.05) is 18.1 Å². The summed E-state index contributed by atoms with van der Waals surface area (Å²) in [5.41, 5.74) is 6.61. The second kappa shape index (κ2) is 8.72. The summed E-state index contributed by atoms with van der Waals surface area (Å²) in [7, 11) is 0. The van der Waals surface area contributed by atoms with Gasteiger partial charge in [0, 0.05) is 25.1 Å². The largest absolute Gasteiger partial charge is 0.459 e. The number of nitrogens with two attached hydrogens (primary N) is 1. The summed E-state index contributed by atoms with van der Waals surface area (Å²) in [6.45, 7) is 9.04. The molecule has 3 heterocycles. The fourth-order valence-corrected chi connectivity index (χ4v) is 5.69. The lowest BCUT2D eigenvalue weighted by atomic mass is 9.77. The van der Waals surface area contributed by atoms with E-state index in [-0.39, 0.29) is 18.3 Å². The average molecular weight is 461 g/mol. The topological polar surface area (TPSA) is 91.1 Å². The van der Waals surface area contributed by atoms with Crippen LogP contribution in [0.1, 0.15) is 45.6 Å². The van der Waals surface area contributed by atoms with E-state index in [1.165, 1.54) is 11.8 Å². The second-order valence-electron chi connectivity index (χ2n) is 9.55. The van der Waals surface area contributed by atoms with Crippen LogP contribution in [0.4, 0.5) is 5.69 Å². The van der Waals surface area contributed by atoms with Crippen LogP contribution in [0.2, 0.25) is 0 Å². The van der Waals surface area contributed by atoms with Crippen molar-refractivity contribution in [2.45, 2.75) is 64.2 Å². The van der Waals surface area contributed by atoms with Gasteiger partial charge in [0.1, 0.15) is 11.6 Å². The number of aryl methyl sites for hydroxylation is 1. The molecule has 2 saturated heterocycles. The van der Waals surface area contributed by atoms with E-state index in [0.29, 0.717) is 19.1 Å². The van der Waals surface area contributed by atoms with Crippen molar-refractivity contribution in [3.8, 4) is 0 Å². The van der Waals surface area contributed by atoms with Crippen LogP contribution < -0.4 is 10.6 Å². The molecule has 7 nitrogen and oxygen atoms in total. The average Bonchev–Trinajstić information content (AvgIpc) is 3.34. The second-order valence-corrected chi connectivity index (χ2v) is 10.5. The summed E-state index contributed by atoms with van der Waals surface area (Å²) in [5.74, 6) is -0.495. The lowest BCUT2D eigenvalue weighted by molar-refractivity contribution is -0.159. The molecule has 174 valence electrons. The van der Waals surface area contributed by atoms with Gasteiger partial charge in [-0.15, -0.1) is 0 Å². The van der Waals surface area contributed by atoms with Crippen LogP contribution in [0.15, 0.2) is 35.4 Å². The van der Waals surface area contributed by atoms with Crippen molar-refractivity contribution in [3.63, 3.8) is 0 Å². The summed E-state index contributed by atoms with van der Waals surface area (Å²) in [5, 5.41) is 1.94. The fraction of sp³-hybridized carbons (Fsp3) is 0.583. The molecule has 1 aromatic carbocycles. The summed E-state index contributed by atoms with van der Waals surface area (Å²) in [4.78, 5) is 28.0. The standard InChI is InChI=1S/C24H32N2O5S/c1-15(2)9-10-29-12-17-11-24(20(27)30-17)14-23(4,31-21(24)28)19-13-32-22(25)26(19)18-8-6-5-7-16(18)3/h5-8,13,15,17,22H,9-12,14,25H2,1-4H3. The maximum Gasteiger partial charge on any atom is 0.324 e. The first-order chi connectivity index (χ1) is 15.2. The van der Waals surface area contributed by atoms with Crippen LogP contribution >= 0.6 is 11.8 Å². The molecule has 1 aromatic rings. The molecule has 2 fully saturated rings. The van der Waals surface area contributed by atoms with Crippen LogP contribution in [0.3, 0.4) is 0 Å². The minimum absolute atomic E-state index is 0.224. The normalized spacial score (nSPS) is 32.1. The quantitative estimate of drug-likeness (QED) is 0.374. The van der Waals surface area contributed by atoms with Crippen molar-refractivity contribution in [1.82, 2.24) is 0 Å². The molecule has 1 spiro atoms. The van der Waals surface area contributed by atoms with Crippen molar-refractivity contribution in [2.24, 2.45) is 17.1 Å². The third-order valence-electron chi connectivity index (χ3n) is 6.48. The van der Waals surface area contributed by atoms with Gasteiger partial charge in [-0.05, 0) is 43.2 Å². The smallest absolute Gasteiger partial charge is 0.324 e. The molecule has 4 unspecified atom stereocenters. The zero-order chi connectivity index (χ0) is 23.1. The summed E-state index contributed by atoms with van der Waals surface area (Å²) >= 11 is 1.47. The van der Waals surface area contributed by atoms with Gasteiger partial charge in [-0.1, -0.05) is 43.8 Å². The van der Waals surface area contributed by atoms with E-state index < -0.39 is 29.1 Å². The van der Waals surface area contributed by atoms with Crippen molar-refractivity contribution in [3.05, 3.63) is 40.9 Å². The predicted octanol–water partition coefficient (Wildman–Crippen LogP) is 3.70. The SMILES string of the molecule is Cc1ccccc1N1C(C2(C)CC3(CC(COCCC(C)C)OC3=O)C(=O)O2)=CSC1N. The molecule has 4 rings (SSSR count). The highest BCUT2D eigenvalue weighted by molar-refractivity contribution is 8.03.